The zero-order valence-corrected chi connectivity index (χ0v) is 14.6. The van der Waals surface area contributed by atoms with Crippen molar-refractivity contribution in [3.05, 3.63) is 62.5 Å². The second kappa shape index (κ2) is 6.44. The standard InChI is InChI=1S/C16H14BrClN2S/c1-19-14(11-8-10(17)6-7-12(11)18)9-16-20-13-4-2-3-5-15(13)21-16/h2-8,14,19H,9H2,1H3. The highest BCUT2D eigenvalue weighted by molar-refractivity contribution is 9.10. The van der Waals surface area contributed by atoms with E-state index in [4.69, 9.17) is 16.6 Å². The number of hydrogen-bond donors (Lipinski definition) is 1. The van der Waals surface area contributed by atoms with Crippen LogP contribution >= 0.6 is 38.9 Å². The van der Waals surface area contributed by atoms with Gasteiger partial charge in [0.05, 0.1) is 15.2 Å². The molecule has 0 fully saturated rings. The van der Waals surface area contributed by atoms with E-state index in [1.807, 2.05) is 31.3 Å². The van der Waals surface area contributed by atoms with Gasteiger partial charge in [-0.15, -0.1) is 11.3 Å². The van der Waals surface area contributed by atoms with Gasteiger partial charge in [-0.3, -0.25) is 0 Å². The molecular weight excluding hydrogens is 368 g/mol. The summed E-state index contributed by atoms with van der Waals surface area (Å²) in [5.41, 5.74) is 2.15. The third-order valence-electron chi connectivity index (χ3n) is 3.40. The van der Waals surface area contributed by atoms with Crippen LogP contribution in [0.5, 0.6) is 0 Å². The molecule has 0 spiro atoms. The Morgan fingerprint density at radius 2 is 2.10 bits per heavy atom. The molecule has 1 N–H and O–H groups in total. The summed E-state index contributed by atoms with van der Waals surface area (Å²) < 4.78 is 2.26. The van der Waals surface area contributed by atoms with Crippen LogP contribution < -0.4 is 5.32 Å². The van der Waals surface area contributed by atoms with Crippen molar-refractivity contribution in [1.29, 1.82) is 0 Å². The number of hydrogen-bond acceptors (Lipinski definition) is 3. The highest BCUT2D eigenvalue weighted by Gasteiger charge is 2.16. The van der Waals surface area contributed by atoms with Gasteiger partial charge in [-0.2, -0.15) is 0 Å². The van der Waals surface area contributed by atoms with E-state index in [0.717, 1.165) is 32.0 Å². The molecular formula is C16H14BrClN2S. The van der Waals surface area contributed by atoms with E-state index < -0.39 is 0 Å². The number of nitrogens with zero attached hydrogens (tertiary/aromatic N) is 1. The topological polar surface area (TPSA) is 24.9 Å². The first-order valence-corrected chi connectivity index (χ1v) is 8.63. The molecule has 0 bridgehead atoms. The average Bonchev–Trinajstić information content (AvgIpc) is 2.90. The highest BCUT2D eigenvalue weighted by Crippen LogP contribution is 2.31. The monoisotopic (exact) mass is 380 g/mol. The van der Waals surface area contributed by atoms with Crippen LogP contribution in [0.4, 0.5) is 0 Å². The molecule has 0 aliphatic carbocycles. The minimum absolute atomic E-state index is 0.149. The van der Waals surface area contributed by atoms with Crippen molar-refractivity contribution in [1.82, 2.24) is 10.3 Å². The Hall–Kier alpha value is -0.940. The predicted octanol–water partition coefficient (Wildman–Crippen LogP) is 5.22. The van der Waals surface area contributed by atoms with Crippen molar-refractivity contribution < 1.29 is 0 Å². The van der Waals surface area contributed by atoms with Gasteiger partial charge in [0.1, 0.15) is 0 Å². The number of nitrogens with one attached hydrogen (secondary N) is 1. The summed E-state index contributed by atoms with van der Waals surface area (Å²) in [5.74, 6) is 0. The molecule has 1 heterocycles. The molecule has 0 radical (unpaired) electrons. The highest BCUT2D eigenvalue weighted by atomic mass is 79.9. The first-order chi connectivity index (χ1) is 10.2. The van der Waals surface area contributed by atoms with Crippen LogP contribution in [0.15, 0.2) is 46.9 Å². The van der Waals surface area contributed by atoms with E-state index in [-0.39, 0.29) is 6.04 Å². The molecule has 2 nitrogen and oxygen atoms in total. The minimum Gasteiger partial charge on any atom is -0.313 e. The van der Waals surface area contributed by atoms with Gasteiger partial charge in [-0.05, 0) is 42.9 Å². The quantitative estimate of drug-likeness (QED) is 0.670. The number of aromatic nitrogens is 1. The molecule has 3 aromatic rings. The first kappa shape index (κ1) is 15.0. The summed E-state index contributed by atoms with van der Waals surface area (Å²) in [6.07, 6.45) is 0.825. The van der Waals surface area contributed by atoms with E-state index in [2.05, 4.69) is 39.4 Å². The summed E-state index contributed by atoms with van der Waals surface area (Å²) in [7, 11) is 1.95. The molecule has 0 aliphatic rings. The van der Waals surface area contributed by atoms with Gasteiger partial charge in [-0.25, -0.2) is 4.98 Å². The van der Waals surface area contributed by atoms with E-state index in [9.17, 15) is 0 Å². The average molecular weight is 382 g/mol. The maximum atomic E-state index is 6.34. The van der Waals surface area contributed by atoms with Crippen molar-refractivity contribution in [2.24, 2.45) is 0 Å². The smallest absolute Gasteiger partial charge is 0.0957 e. The van der Waals surface area contributed by atoms with Crippen LogP contribution in [0.1, 0.15) is 16.6 Å². The van der Waals surface area contributed by atoms with Gasteiger partial charge in [-0.1, -0.05) is 39.7 Å². The maximum absolute atomic E-state index is 6.34. The molecule has 0 amide bonds. The molecule has 21 heavy (non-hydrogen) atoms. The number of para-hydroxylation sites is 1. The number of likely N-dealkylation sites (N-methyl/N-ethyl adjacent to an activating group) is 1. The Labute approximate surface area is 141 Å². The Morgan fingerprint density at radius 1 is 1.29 bits per heavy atom. The Bertz CT molecular complexity index is 739. The van der Waals surface area contributed by atoms with E-state index >= 15 is 0 Å². The molecule has 0 saturated carbocycles. The molecule has 0 saturated heterocycles. The Morgan fingerprint density at radius 3 is 2.86 bits per heavy atom. The largest absolute Gasteiger partial charge is 0.313 e. The fourth-order valence-electron chi connectivity index (χ4n) is 2.33. The number of halogens is 2. The fourth-order valence-corrected chi connectivity index (χ4v) is 3.97. The maximum Gasteiger partial charge on any atom is 0.0957 e. The first-order valence-electron chi connectivity index (χ1n) is 6.64. The molecule has 0 aliphatic heterocycles. The third-order valence-corrected chi connectivity index (χ3v) is 5.30. The number of thiazole rings is 1. The van der Waals surface area contributed by atoms with Crippen LogP contribution in [-0.4, -0.2) is 12.0 Å². The lowest BCUT2D eigenvalue weighted by Gasteiger charge is -2.17. The van der Waals surface area contributed by atoms with Crippen molar-refractivity contribution in [3.8, 4) is 0 Å². The zero-order chi connectivity index (χ0) is 14.8. The van der Waals surface area contributed by atoms with E-state index in [0.29, 0.717) is 0 Å². The number of benzene rings is 2. The van der Waals surface area contributed by atoms with Crippen molar-refractivity contribution in [3.63, 3.8) is 0 Å². The molecule has 108 valence electrons. The number of fused-ring (bicyclic) bond motifs is 1. The normalized spacial score (nSPS) is 12.7. The van der Waals surface area contributed by atoms with Gasteiger partial charge >= 0.3 is 0 Å². The van der Waals surface area contributed by atoms with E-state index in [1.165, 1.54) is 4.70 Å². The van der Waals surface area contributed by atoms with Gasteiger partial charge < -0.3 is 5.32 Å². The molecule has 3 rings (SSSR count). The Kier molecular flexibility index (Phi) is 4.60. The lowest BCUT2D eigenvalue weighted by atomic mass is 10.0. The molecule has 2 aromatic carbocycles. The lowest BCUT2D eigenvalue weighted by Crippen LogP contribution is -2.19. The molecule has 1 atom stereocenters. The van der Waals surface area contributed by atoms with Crippen LogP contribution in [0.2, 0.25) is 5.02 Å². The molecule has 1 aromatic heterocycles. The van der Waals surface area contributed by atoms with Crippen LogP contribution in [0, 0.1) is 0 Å². The summed E-state index contributed by atoms with van der Waals surface area (Å²) in [5, 5.41) is 5.23. The van der Waals surface area contributed by atoms with Gasteiger partial charge in [0.2, 0.25) is 0 Å². The zero-order valence-electron chi connectivity index (χ0n) is 11.4. The summed E-state index contributed by atoms with van der Waals surface area (Å²) in [6.45, 7) is 0. The van der Waals surface area contributed by atoms with Gasteiger partial charge in [0.25, 0.3) is 0 Å². The fraction of sp³-hybridized carbons (Fsp3) is 0.188. The summed E-state index contributed by atoms with van der Waals surface area (Å²) in [4.78, 5) is 4.70. The van der Waals surface area contributed by atoms with Crippen molar-refractivity contribution >= 4 is 49.1 Å². The molecule has 5 heteroatoms. The van der Waals surface area contributed by atoms with Gasteiger partial charge in [0, 0.05) is 22.0 Å². The van der Waals surface area contributed by atoms with Crippen LogP contribution in [0.25, 0.3) is 10.2 Å². The van der Waals surface area contributed by atoms with Crippen LogP contribution in [0.3, 0.4) is 0 Å². The SMILES string of the molecule is CNC(Cc1nc2ccccc2s1)c1cc(Br)ccc1Cl. The van der Waals surface area contributed by atoms with Crippen molar-refractivity contribution in [2.75, 3.05) is 7.05 Å². The van der Waals surface area contributed by atoms with Gasteiger partial charge in [0.15, 0.2) is 0 Å². The predicted molar refractivity (Wildman–Crippen MR) is 94.3 cm³/mol. The molecule has 1 unspecified atom stereocenters. The lowest BCUT2D eigenvalue weighted by molar-refractivity contribution is 0.591. The number of rotatable bonds is 4. The summed E-state index contributed by atoms with van der Waals surface area (Å²) in [6, 6.07) is 14.3. The minimum atomic E-state index is 0.149. The Balaban J connectivity index is 1.91. The van der Waals surface area contributed by atoms with Crippen molar-refractivity contribution in [2.45, 2.75) is 12.5 Å². The van der Waals surface area contributed by atoms with E-state index in [1.54, 1.807) is 11.3 Å². The van der Waals surface area contributed by atoms with Crippen LogP contribution in [-0.2, 0) is 6.42 Å². The second-order valence-corrected chi connectivity index (χ2v) is 7.22. The summed E-state index contributed by atoms with van der Waals surface area (Å²) >= 11 is 11.6. The third kappa shape index (κ3) is 3.29. The second-order valence-electron chi connectivity index (χ2n) is 4.79.